The van der Waals surface area contributed by atoms with E-state index in [2.05, 4.69) is 9.97 Å². The SMILES string of the molecule is Cc1nc(C2CCCN2C(=O)CCc2ccccc2)ncc1C(N)=O. The number of primary amides is 1. The fourth-order valence-electron chi connectivity index (χ4n) is 3.26. The molecule has 130 valence electrons. The Kier molecular flexibility index (Phi) is 5.07. The fraction of sp³-hybridized carbons (Fsp3) is 0.368. The third-order valence-corrected chi connectivity index (χ3v) is 4.60. The number of carbonyl (C=O) groups excluding carboxylic acids is 2. The van der Waals surface area contributed by atoms with Gasteiger partial charge in [-0.15, -0.1) is 0 Å². The topological polar surface area (TPSA) is 89.2 Å². The average Bonchev–Trinajstić information content (AvgIpc) is 3.10. The van der Waals surface area contributed by atoms with Crippen LogP contribution >= 0.6 is 0 Å². The number of nitrogens with zero attached hydrogens (tertiary/aromatic N) is 3. The van der Waals surface area contributed by atoms with Crippen LogP contribution in [0.5, 0.6) is 0 Å². The molecule has 2 N–H and O–H groups in total. The molecule has 0 saturated carbocycles. The molecule has 6 heteroatoms. The number of aryl methyl sites for hydroxylation is 2. The molecule has 1 saturated heterocycles. The number of aromatic nitrogens is 2. The molecule has 1 aliphatic rings. The van der Waals surface area contributed by atoms with Gasteiger partial charge in [0.15, 0.2) is 5.82 Å². The Bertz CT molecular complexity index is 776. The molecule has 0 bridgehead atoms. The second-order valence-electron chi connectivity index (χ2n) is 6.32. The van der Waals surface area contributed by atoms with Crippen LogP contribution in [0.2, 0.25) is 0 Å². The Hall–Kier alpha value is -2.76. The Morgan fingerprint density at radius 1 is 1.28 bits per heavy atom. The van der Waals surface area contributed by atoms with Gasteiger partial charge >= 0.3 is 0 Å². The largest absolute Gasteiger partial charge is 0.365 e. The molecule has 0 spiro atoms. The fourth-order valence-corrected chi connectivity index (χ4v) is 3.26. The second kappa shape index (κ2) is 7.42. The maximum absolute atomic E-state index is 12.7. The molecule has 6 nitrogen and oxygen atoms in total. The van der Waals surface area contributed by atoms with E-state index in [1.807, 2.05) is 35.2 Å². The molecule has 3 rings (SSSR count). The van der Waals surface area contributed by atoms with Gasteiger partial charge in [-0.25, -0.2) is 9.97 Å². The summed E-state index contributed by atoms with van der Waals surface area (Å²) in [4.78, 5) is 34.6. The zero-order valence-electron chi connectivity index (χ0n) is 14.3. The zero-order valence-corrected chi connectivity index (χ0v) is 14.3. The lowest BCUT2D eigenvalue weighted by atomic mass is 10.1. The highest BCUT2D eigenvalue weighted by Gasteiger charge is 2.32. The van der Waals surface area contributed by atoms with Crippen molar-refractivity contribution >= 4 is 11.8 Å². The molecule has 0 aliphatic carbocycles. The summed E-state index contributed by atoms with van der Waals surface area (Å²) in [5, 5.41) is 0. The van der Waals surface area contributed by atoms with E-state index in [9.17, 15) is 9.59 Å². The maximum atomic E-state index is 12.7. The molecule has 2 aromatic rings. The maximum Gasteiger partial charge on any atom is 0.252 e. The first-order valence-corrected chi connectivity index (χ1v) is 8.53. The van der Waals surface area contributed by atoms with Crippen molar-refractivity contribution in [3.8, 4) is 0 Å². The summed E-state index contributed by atoms with van der Waals surface area (Å²) in [6.07, 6.45) is 4.43. The Labute approximate surface area is 147 Å². The standard InChI is InChI=1S/C19H22N4O2/c1-13-15(18(20)25)12-21-19(22-13)16-8-5-11-23(16)17(24)10-9-14-6-3-2-4-7-14/h2-4,6-7,12,16H,5,8-11H2,1H3,(H2,20,25). The Morgan fingerprint density at radius 2 is 2.04 bits per heavy atom. The minimum Gasteiger partial charge on any atom is -0.365 e. The van der Waals surface area contributed by atoms with Crippen LogP contribution in [0.1, 0.15) is 52.7 Å². The molecule has 25 heavy (non-hydrogen) atoms. The number of hydrogen-bond donors (Lipinski definition) is 1. The van der Waals surface area contributed by atoms with Gasteiger partial charge in [0.05, 0.1) is 17.3 Å². The normalized spacial score (nSPS) is 16.8. The van der Waals surface area contributed by atoms with Crippen LogP contribution < -0.4 is 5.73 Å². The third kappa shape index (κ3) is 3.84. The predicted molar refractivity (Wildman–Crippen MR) is 93.7 cm³/mol. The molecule has 1 fully saturated rings. The monoisotopic (exact) mass is 338 g/mol. The summed E-state index contributed by atoms with van der Waals surface area (Å²) in [5.41, 5.74) is 7.34. The highest BCUT2D eigenvalue weighted by molar-refractivity contribution is 5.93. The van der Waals surface area contributed by atoms with Crippen LogP contribution in [0, 0.1) is 6.92 Å². The summed E-state index contributed by atoms with van der Waals surface area (Å²) in [6.45, 7) is 2.46. The van der Waals surface area contributed by atoms with Crippen molar-refractivity contribution in [1.29, 1.82) is 0 Å². The number of hydrogen-bond acceptors (Lipinski definition) is 4. The van der Waals surface area contributed by atoms with Crippen molar-refractivity contribution in [2.24, 2.45) is 5.73 Å². The van der Waals surface area contributed by atoms with Gasteiger partial charge in [0.25, 0.3) is 5.91 Å². The van der Waals surface area contributed by atoms with Crippen LogP contribution in [-0.2, 0) is 11.2 Å². The molecule has 0 radical (unpaired) electrons. The van der Waals surface area contributed by atoms with Gasteiger partial charge in [0.2, 0.25) is 5.91 Å². The van der Waals surface area contributed by atoms with E-state index in [4.69, 9.17) is 5.73 Å². The zero-order chi connectivity index (χ0) is 17.8. The average molecular weight is 338 g/mol. The van der Waals surface area contributed by atoms with E-state index in [0.29, 0.717) is 23.5 Å². The van der Waals surface area contributed by atoms with E-state index >= 15 is 0 Å². The minimum atomic E-state index is -0.536. The molecule has 1 atom stereocenters. The van der Waals surface area contributed by atoms with E-state index in [-0.39, 0.29) is 11.9 Å². The number of benzene rings is 1. The highest BCUT2D eigenvalue weighted by Crippen LogP contribution is 2.30. The van der Waals surface area contributed by atoms with Crippen LogP contribution in [0.3, 0.4) is 0 Å². The van der Waals surface area contributed by atoms with Crippen LogP contribution in [0.25, 0.3) is 0 Å². The lowest BCUT2D eigenvalue weighted by molar-refractivity contribution is -0.132. The van der Waals surface area contributed by atoms with Crippen molar-refractivity contribution in [3.05, 3.63) is 59.2 Å². The summed E-state index contributed by atoms with van der Waals surface area (Å²) < 4.78 is 0. The molecule has 1 aromatic heterocycles. The number of nitrogens with two attached hydrogens (primary N) is 1. The van der Waals surface area contributed by atoms with Crippen molar-refractivity contribution in [1.82, 2.24) is 14.9 Å². The highest BCUT2D eigenvalue weighted by atomic mass is 16.2. The predicted octanol–water partition coefficient (Wildman–Crippen LogP) is 2.18. The van der Waals surface area contributed by atoms with Gasteiger partial charge in [0.1, 0.15) is 0 Å². The Morgan fingerprint density at radius 3 is 2.72 bits per heavy atom. The first-order chi connectivity index (χ1) is 12.1. The van der Waals surface area contributed by atoms with E-state index in [0.717, 1.165) is 31.4 Å². The van der Waals surface area contributed by atoms with Crippen LogP contribution in [0.4, 0.5) is 0 Å². The van der Waals surface area contributed by atoms with Gasteiger partial charge in [-0.2, -0.15) is 0 Å². The quantitative estimate of drug-likeness (QED) is 0.905. The summed E-state index contributed by atoms with van der Waals surface area (Å²) in [6, 6.07) is 9.87. The smallest absolute Gasteiger partial charge is 0.252 e. The molecular weight excluding hydrogens is 316 g/mol. The number of likely N-dealkylation sites (tertiary alicyclic amines) is 1. The summed E-state index contributed by atoms with van der Waals surface area (Å²) >= 11 is 0. The van der Waals surface area contributed by atoms with E-state index < -0.39 is 5.91 Å². The summed E-state index contributed by atoms with van der Waals surface area (Å²) in [7, 11) is 0. The van der Waals surface area contributed by atoms with Gasteiger partial charge in [0, 0.05) is 19.2 Å². The molecular formula is C19H22N4O2. The second-order valence-corrected chi connectivity index (χ2v) is 6.32. The van der Waals surface area contributed by atoms with Gasteiger partial charge < -0.3 is 10.6 Å². The molecule has 1 aromatic carbocycles. The van der Waals surface area contributed by atoms with Gasteiger partial charge in [-0.3, -0.25) is 9.59 Å². The summed E-state index contributed by atoms with van der Waals surface area (Å²) in [5.74, 6) is 0.172. The third-order valence-electron chi connectivity index (χ3n) is 4.60. The van der Waals surface area contributed by atoms with Crippen molar-refractivity contribution in [2.75, 3.05) is 6.54 Å². The first-order valence-electron chi connectivity index (χ1n) is 8.53. The Balaban J connectivity index is 1.70. The van der Waals surface area contributed by atoms with Gasteiger partial charge in [-0.1, -0.05) is 30.3 Å². The molecule has 1 unspecified atom stereocenters. The molecule has 2 amide bonds. The van der Waals surface area contributed by atoms with E-state index in [1.54, 1.807) is 6.92 Å². The molecule has 1 aliphatic heterocycles. The first kappa shape index (κ1) is 17.1. The van der Waals surface area contributed by atoms with Crippen molar-refractivity contribution in [3.63, 3.8) is 0 Å². The number of rotatable bonds is 5. The van der Waals surface area contributed by atoms with Crippen LogP contribution in [0.15, 0.2) is 36.5 Å². The lowest BCUT2D eigenvalue weighted by Gasteiger charge is -2.24. The van der Waals surface area contributed by atoms with Crippen molar-refractivity contribution in [2.45, 2.75) is 38.6 Å². The van der Waals surface area contributed by atoms with Gasteiger partial charge in [-0.05, 0) is 31.7 Å². The lowest BCUT2D eigenvalue weighted by Crippen LogP contribution is -2.32. The van der Waals surface area contributed by atoms with Crippen molar-refractivity contribution < 1.29 is 9.59 Å². The number of amides is 2. The molecule has 2 heterocycles. The van der Waals surface area contributed by atoms with E-state index in [1.165, 1.54) is 6.20 Å². The number of carbonyl (C=O) groups is 2. The minimum absolute atomic E-state index is 0.117. The van der Waals surface area contributed by atoms with Crippen LogP contribution in [-0.4, -0.2) is 33.2 Å².